The van der Waals surface area contributed by atoms with Gasteiger partial charge in [-0.15, -0.1) is 0 Å². The van der Waals surface area contributed by atoms with E-state index in [0.29, 0.717) is 22.8 Å². The average molecular weight is 571 g/mol. The van der Waals surface area contributed by atoms with Crippen LogP contribution in [0.1, 0.15) is 0 Å². The van der Waals surface area contributed by atoms with Gasteiger partial charge in [0.25, 0.3) is 0 Å². The topological polar surface area (TPSA) is 76.1 Å². The second-order valence-corrected chi connectivity index (χ2v) is 10.7. The number of hydrogen-bond acceptors (Lipinski definition) is 4. The molecule has 0 fully saturated rings. The maximum absolute atomic E-state index is 10.7. The van der Waals surface area contributed by atoms with Gasteiger partial charge in [-0.1, -0.05) is 72.8 Å². The molecule has 0 spiro atoms. The summed E-state index contributed by atoms with van der Waals surface area (Å²) in [5.41, 5.74) is 8.76. The fraction of sp³-hybridized carbons (Fsp3) is 0. The maximum atomic E-state index is 10.7. The van der Waals surface area contributed by atoms with Crippen molar-refractivity contribution in [1.82, 2.24) is 19.1 Å². The SMILES string of the molecule is Oc1ccccc1-c1nc2cc(-c3ccc4c(c3)nc(-c3ccccc3O)n4-c3ccccc3)ccc2n1-c1ccccc1. The lowest BCUT2D eigenvalue weighted by Gasteiger charge is -2.11. The van der Waals surface area contributed by atoms with E-state index in [2.05, 4.69) is 45.5 Å². The normalized spacial score (nSPS) is 11.4. The molecule has 2 aromatic heterocycles. The van der Waals surface area contributed by atoms with Gasteiger partial charge in [-0.3, -0.25) is 9.13 Å². The van der Waals surface area contributed by atoms with Crippen LogP contribution in [0.3, 0.4) is 0 Å². The van der Waals surface area contributed by atoms with Crippen LogP contribution in [0.25, 0.3) is 67.3 Å². The molecule has 0 aliphatic carbocycles. The lowest BCUT2D eigenvalue weighted by Crippen LogP contribution is -1.97. The third-order valence-electron chi connectivity index (χ3n) is 7.96. The predicted octanol–water partition coefficient (Wildman–Crippen LogP) is 8.78. The van der Waals surface area contributed by atoms with Gasteiger partial charge in [0.05, 0.1) is 33.2 Å². The minimum absolute atomic E-state index is 0.180. The Hall–Kier alpha value is -6.14. The molecule has 210 valence electrons. The van der Waals surface area contributed by atoms with Crippen molar-refractivity contribution in [2.45, 2.75) is 0 Å². The fourth-order valence-corrected chi connectivity index (χ4v) is 5.88. The average Bonchev–Trinajstić information content (AvgIpc) is 3.64. The highest BCUT2D eigenvalue weighted by Gasteiger charge is 2.19. The van der Waals surface area contributed by atoms with Gasteiger partial charge in [-0.2, -0.15) is 0 Å². The molecular weight excluding hydrogens is 544 g/mol. The molecule has 6 aromatic carbocycles. The Kier molecular flexibility index (Phi) is 5.98. The van der Waals surface area contributed by atoms with E-state index in [9.17, 15) is 10.2 Å². The quantitative estimate of drug-likeness (QED) is 0.217. The summed E-state index contributed by atoms with van der Waals surface area (Å²) in [6.45, 7) is 0. The monoisotopic (exact) mass is 570 g/mol. The molecule has 2 N–H and O–H groups in total. The molecule has 0 aliphatic rings. The summed E-state index contributed by atoms with van der Waals surface area (Å²) < 4.78 is 4.16. The van der Waals surface area contributed by atoms with E-state index in [4.69, 9.17) is 9.97 Å². The number of phenols is 2. The summed E-state index contributed by atoms with van der Waals surface area (Å²) in [5.74, 6) is 1.71. The van der Waals surface area contributed by atoms with E-state index in [1.54, 1.807) is 12.1 Å². The van der Waals surface area contributed by atoms with Crippen LogP contribution in [0.5, 0.6) is 11.5 Å². The van der Waals surface area contributed by atoms with Gasteiger partial charge in [0.2, 0.25) is 0 Å². The molecule has 0 radical (unpaired) electrons. The van der Waals surface area contributed by atoms with Crippen molar-refractivity contribution >= 4 is 22.1 Å². The zero-order chi connectivity index (χ0) is 29.6. The first-order valence-corrected chi connectivity index (χ1v) is 14.4. The third-order valence-corrected chi connectivity index (χ3v) is 7.96. The lowest BCUT2D eigenvalue weighted by atomic mass is 10.0. The Balaban J connectivity index is 1.30. The minimum Gasteiger partial charge on any atom is -0.507 e. The van der Waals surface area contributed by atoms with E-state index in [-0.39, 0.29) is 11.5 Å². The van der Waals surface area contributed by atoms with Crippen LogP contribution in [0.4, 0.5) is 0 Å². The number of rotatable bonds is 5. The van der Waals surface area contributed by atoms with Gasteiger partial charge in [0.15, 0.2) is 0 Å². The number of imidazole rings is 2. The molecule has 6 nitrogen and oxygen atoms in total. The zero-order valence-corrected chi connectivity index (χ0v) is 23.5. The molecule has 0 saturated carbocycles. The van der Waals surface area contributed by atoms with Crippen LogP contribution in [-0.4, -0.2) is 29.3 Å². The first-order valence-electron chi connectivity index (χ1n) is 14.4. The van der Waals surface area contributed by atoms with Crippen molar-refractivity contribution in [2.75, 3.05) is 0 Å². The number of nitrogens with zero attached hydrogens (tertiary/aromatic N) is 4. The number of phenolic OH excluding ortho intramolecular Hbond substituents is 2. The molecule has 0 saturated heterocycles. The van der Waals surface area contributed by atoms with Crippen LogP contribution < -0.4 is 0 Å². The second-order valence-electron chi connectivity index (χ2n) is 10.7. The van der Waals surface area contributed by atoms with Gasteiger partial charge < -0.3 is 10.2 Å². The molecule has 0 bridgehead atoms. The van der Waals surface area contributed by atoms with Crippen molar-refractivity contribution in [1.29, 1.82) is 0 Å². The van der Waals surface area contributed by atoms with E-state index >= 15 is 0 Å². The molecule has 6 heteroatoms. The molecule has 0 unspecified atom stereocenters. The Morgan fingerprint density at radius 1 is 0.409 bits per heavy atom. The number of aromatic nitrogens is 4. The van der Waals surface area contributed by atoms with Crippen LogP contribution >= 0.6 is 0 Å². The number of aromatic hydroxyl groups is 2. The predicted molar refractivity (Wildman–Crippen MR) is 175 cm³/mol. The Labute approximate surface area is 253 Å². The van der Waals surface area contributed by atoms with Crippen LogP contribution in [0.2, 0.25) is 0 Å². The lowest BCUT2D eigenvalue weighted by molar-refractivity contribution is 0.476. The van der Waals surface area contributed by atoms with Crippen molar-refractivity contribution < 1.29 is 10.2 Å². The summed E-state index contributed by atoms with van der Waals surface area (Å²) in [6, 6.07) is 47.2. The summed E-state index contributed by atoms with van der Waals surface area (Å²) in [5, 5.41) is 21.4. The van der Waals surface area contributed by atoms with Gasteiger partial charge in [-0.25, -0.2) is 9.97 Å². The second kappa shape index (κ2) is 10.3. The third kappa shape index (κ3) is 4.20. The fourth-order valence-electron chi connectivity index (χ4n) is 5.88. The summed E-state index contributed by atoms with van der Waals surface area (Å²) in [4.78, 5) is 10.1. The van der Waals surface area contributed by atoms with Crippen molar-refractivity contribution in [3.05, 3.63) is 146 Å². The first-order chi connectivity index (χ1) is 21.7. The molecule has 0 atom stereocenters. The zero-order valence-electron chi connectivity index (χ0n) is 23.5. The van der Waals surface area contributed by atoms with Crippen LogP contribution in [0, 0.1) is 0 Å². The van der Waals surface area contributed by atoms with Crippen LogP contribution in [0.15, 0.2) is 146 Å². The summed E-state index contributed by atoms with van der Waals surface area (Å²) in [6.07, 6.45) is 0. The van der Waals surface area contributed by atoms with Crippen molar-refractivity contribution in [3.8, 4) is 56.8 Å². The smallest absolute Gasteiger partial charge is 0.149 e. The number of fused-ring (bicyclic) bond motifs is 2. The van der Waals surface area contributed by atoms with Gasteiger partial charge in [-0.05, 0) is 83.9 Å². The van der Waals surface area contributed by atoms with Gasteiger partial charge >= 0.3 is 0 Å². The standard InChI is InChI=1S/C38H26N4O2/c43-35-17-9-7-15-29(35)37-39-31-23-25(19-21-33(31)41(37)27-11-3-1-4-12-27)26-20-22-34-32(24-26)40-38(30-16-8-10-18-36(30)44)42(34)28-13-5-2-6-14-28/h1-24,43-44H. The van der Waals surface area contributed by atoms with E-state index in [1.807, 2.05) is 97.1 Å². The highest BCUT2D eigenvalue weighted by Crippen LogP contribution is 2.37. The van der Waals surface area contributed by atoms with Crippen molar-refractivity contribution in [3.63, 3.8) is 0 Å². The van der Waals surface area contributed by atoms with Gasteiger partial charge in [0.1, 0.15) is 23.1 Å². The molecule has 0 amide bonds. The highest BCUT2D eigenvalue weighted by molar-refractivity contribution is 5.91. The maximum Gasteiger partial charge on any atom is 0.149 e. The largest absolute Gasteiger partial charge is 0.507 e. The Morgan fingerprint density at radius 2 is 0.795 bits per heavy atom. The molecule has 8 aromatic rings. The molecular formula is C38H26N4O2. The molecule has 2 heterocycles. The van der Waals surface area contributed by atoms with E-state index in [0.717, 1.165) is 44.6 Å². The molecule has 8 rings (SSSR count). The number of para-hydroxylation sites is 4. The van der Waals surface area contributed by atoms with Gasteiger partial charge in [0, 0.05) is 11.4 Å². The highest BCUT2D eigenvalue weighted by atomic mass is 16.3. The Morgan fingerprint density at radius 3 is 1.20 bits per heavy atom. The number of hydrogen-bond donors (Lipinski definition) is 2. The Bertz CT molecular complexity index is 2140. The van der Waals surface area contributed by atoms with Crippen LogP contribution in [-0.2, 0) is 0 Å². The van der Waals surface area contributed by atoms with E-state index < -0.39 is 0 Å². The first kappa shape index (κ1) is 25.6. The van der Waals surface area contributed by atoms with Crippen molar-refractivity contribution in [2.24, 2.45) is 0 Å². The summed E-state index contributed by atoms with van der Waals surface area (Å²) in [7, 11) is 0. The minimum atomic E-state index is 0.180. The number of benzene rings is 6. The molecule has 44 heavy (non-hydrogen) atoms. The summed E-state index contributed by atoms with van der Waals surface area (Å²) >= 11 is 0. The van der Waals surface area contributed by atoms with E-state index in [1.165, 1.54) is 0 Å². The molecule has 0 aliphatic heterocycles.